The van der Waals surface area contributed by atoms with Crippen LogP contribution in [0.15, 0.2) is 6.07 Å². The summed E-state index contributed by atoms with van der Waals surface area (Å²) in [6, 6.07) is 2.52. The van der Waals surface area contributed by atoms with Crippen LogP contribution in [0.1, 0.15) is 68.1 Å². The number of carbonyl (C=O) groups excluding carboxylic acids is 1. The maximum atomic E-state index is 12.7. The Morgan fingerprint density at radius 3 is 2.55 bits per heavy atom. The molecule has 2 unspecified atom stereocenters. The van der Waals surface area contributed by atoms with Crippen LogP contribution in [-0.2, 0) is 7.05 Å². The van der Waals surface area contributed by atoms with Crippen LogP contribution in [0.3, 0.4) is 0 Å². The van der Waals surface area contributed by atoms with Gasteiger partial charge < -0.3 is 11.1 Å². The predicted octanol–water partition coefficient (Wildman–Crippen LogP) is 2.18. The topological polar surface area (TPSA) is 72.9 Å². The number of hydrogen-bond acceptors (Lipinski definition) is 3. The fourth-order valence-electron chi connectivity index (χ4n) is 4.23. The molecule has 2 aliphatic carbocycles. The molecule has 2 atom stereocenters. The first kappa shape index (κ1) is 15.5. The SMILES string of the molecule is CC(C)c1cc(C(=O)NC2C3CCCC2CC(N)C3)n(C)n1. The molecule has 1 aromatic rings. The van der Waals surface area contributed by atoms with Gasteiger partial charge in [-0.3, -0.25) is 9.48 Å². The molecule has 0 radical (unpaired) electrons. The van der Waals surface area contributed by atoms with E-state index in [-0.39, 0.29) is 5.91 Å². The fraction of sp³-hybridized carbons (Fsp3) is 0.765. The van der Waals surface area contributed by atoms with Gasteiger partial charge in [-0.05, 0) is 49.5 Å². The minimum Gasteiger partial charge on any atom is -0.347 e. The van der Waals surface area contributed by atoms with Gasteiger partial charge in [-0.15, -0.1) is 0 Å². The number of fused-ring (bicyclic) bond motifs is 2. The lowest BCUT2D eigenvalue weighted by Gasteiger charge is -2.45. The summed E-state index contributed by atoms with van der Waals surface area (Å²) < 4.78 is 1.70. The van der Waals surface area contributed by atoms with Gasteiger partial charge >= 0.3 is 0 Å². The van der Waals surface area contributed by atoms with Gasteiger partial charge in [0.25, 0.3) is 5.91 Å². The highest BCUT2D eigenvalue weighted by atomic mass is 16.2. The molecule has 3 N–H and O–H groups in total. The largest absolute Gasteiger partial charge is 0.347 e. The van der Waals surface area contributed by atoms with Crippen LogP contribution in [0.25, 0.3) is 0 Å². The number of amides is 1. The summed E-state index contributed by atoms with van der Waals surface area (Å²) >= 11 is 0. The van der Waals surface area contributed by atoms with Gasteiger partial charge in [-0.25, -0.2) is 0 Å². The van der Waals surface area contributed by atoms with E-state index in [0.29, 0.717) is 35.5 Å². The number of rotatable bonds is 3. The third-order valence-corrected chi connectivity index (χ3v) is 5.40. The lowest BCUT2D eigenvalue weighted by molar-refractivity contribution is 0.0748. The number of hydrogen-bond donors (Lipinski definition) is 2. The monoisotopic (exact) mass is 304 g/mol. The molecule has 5 nitrogen and oxygen atoms in total. The second-order valence-electron chi connectivity index (χ2n) is 7.41. The number of nitrogens with two attached hydrogens (primary N) is 1. The average molecular weight is 304 g/mol. The molecular formula is C17H28N4O. The second kappa shape index (κ2) is 6.03. The van der Waals surface area contributed by atoms with Crippen LogP contribution in [-0.4, -0.2) is 27.8 Å². The van der Waals surface area contributed by atoms with E-state index in [1.54, 1.807) is 4.68 Å². The Morgan fingerprint density at radius 2 is 2.00 bits per heavy atom. The van der Waals surface area contributed by atoms with Crippen molar-refractivity contribution in [1.29, 1.82) is 0 Å². The lowest BCUT2D eigenvalue weighted by atomic mass is 9.67. The quantitative estimate of drug-likeness (QED) is 0.899. The zero-order valence-corrected chi connectivity index (χ0v) is 13.9. The number of nitrogens with one attached hydrogen (secondary N) is 1. The standard InChI is InChI=1S/C17H28N4O/c1-10(2)14-9-15(21(3)20-14)17(22)19-16-11-5-4-6-12(16)8-13(18)7-11/h9-13,16H,4-8,18H2,1-3H3,(H,19,22). The molecule has 0 aromatic carbocycles. The lowest BCUT2D eigenvalue weighted by Crippen LogP contribution is -2.53. The molecular weight excluding hydrogens is 276 g/mol. The first-order valence-corrected chi connectivity index (χ1v) is 8.56. The van der Waals surface area contributed by atoms with E-state index >= 15 is 0 Å². The molecule has 2 fully saturated rings. The van der Waals surface area contributed by atoms with E-state index in [0.717, 1.165) is 18.5 Å². The Hall–Kier alpha value is -1.36. The molecule has 0 spiro atoms. The van der Waals surface area contributed by atoms with E-state index in [1.807, 2.05) is 13.1 Å². The van der Waals surface area contributed by atoms with Crippen molar-refractivity contribution < 1.29 is 4.79 Å². The molecule has 1 amide bonds. The van der Waals surface area contributed by atoms with Crippen molar-refractivity contribution in [2.24, 2.45) is 24.6 Å². The summed E-state index contributed by atoms with van der Waals surface area (Å²) in [5, 5.41) is 7.74. The van der Waals surface area contributed by atoms with Gasteiger partial charge in [-0.2, -0.15) is 5.10 Å². The zero-order valence-electron chi connectivity index (χ0n) is 13.9. The van der Waals surface area contributed by atoms with E-state index < -0.39 is 0 Å². The highest BCUT2D eigenvalue weighted by molar-refractivity contribution is 5.93. The van der Waals surface area contributed by atoms with Gasteiger partial charge in [0.05, 0.1) is 5.69 Å². The number of aromatic nitrogens is 2. The first-order chi connectivity index (χ1) is 10.5. The van der Waals surface area contributed by atoms with Gasteiger partial charge in [0, 0.05) is 19.1 Å². The average Bonchev–Trinajstić information content (AvgIpc) is 2.82. The van der Waals surface area contributed by atoms with Crippen LogP contribution in [0.5, 0.6) is 0 Å². The predicted molar refractivity (Wildman–Crippen MR) is 86.6 cm³/mol. The summed E-state index contributed by atoms with van der Waals surface area (Å²) in [5.41, 5.74) is 7.80. The molecule has 2 bridgehead atoms. The van der Waals surface area contributed by atoms with E-state index in [2.05, 4.69) is 24.3 Å². The van der Waals surface area contributed by atoms with Crippen molar-refractivity contribution in [3.05, 3.63) is 17.5 Å². The Balaban J connectivity index is 1.74. The Labute approximate surface area is 132 Å². The van der Waals surface area contributed by atoms with Crippen molar-refractivity contribution in [3.8, 4) is 0 Å². The third-order valence-electron chi connectivity index (χ3n) is 5.40. The van der Waals surface area contributed by atoms with Crippen molar-refractivity contribution in [2.45, 2.75) is 64.0 Å². The summed E-state index contributed by atoms with van der Waals surface area (Å²) in [4.78, 5) is 12.7. The smallest absolute Gasteiger partial charge is 0.269 e. The molecule has 3 rings (SSSR count). The molecule has 2 saturated carbocycles. The second-order valence-corrected chi connectivity index (χ2v) is 7.41. The van der Waals surface area contributed by atoms with Gasteiger partial charge in [0.15, 0.2) is 0 Å². The summed E-state index contributed by atoms with van der Waals surface area (Å²) in [7, 11) is 1.85. The van der Waals surface area contributed by atoms with E-state index in [1.165, 1.54) is 19.3 Å². The van der Waals surface area contributed by atoms with Crippen LogP contribution < -0.4 is 11.1 Å². The maximum absolute atomic E-state index is 12.7. The molecule has 2 aliphatic rings. The molecule has 5 heteroatoms. The minimum absolute atomic E-state index is 0.0132. The molecule has 0 aliphatic heterocycles. The summed E-state index contributed by atoms with van der Waals surface area (Å²) in [6.45, 7) is 4.19. The fourth-order valence-corrected chi connectivity index (χ4v) is 4.23. The normalized spacial score (nSPS) is 31.3. The summed E-state index contributed by atoms with van der Waals surface area (Å²) in [5.74, 6) is 1.44. The van der Waals surface area contributed by atoms with E-state index in [4.69, 9.17) is 5.73 Å². The first-order valence-electron chi connectivity index (χ1n) is 8.56. The Morgan fingerprint density at radius 1 is 1.36 bits per heavy atom. The molecule has 1 aromatic heterocycles. The highest BCUT2D eigenvalue weighted by Gasteiger charge is 2.40. The minimum atomic E-state index is 0.0132. The molecule has 22 heavy (non-hydrogen) atoms. The number of carbonyl (C=O) groups is 1. The number of aryl methyl sites for hydroxylation is 1. The Kier molecular flexibility index (Phi) is 4.26. The van der Waals surface area contributed by atoms with Crippen LogP contribution in [0.4, 0.5) is 0 Å². The molecule has 1 heterocycles. The van der Waals surface area contributed by atoms with E-state index in [9.17, 15) is 4.79 Å². The van der Waals surface area contributed by atoms with Crippen LogP contribution >= 0.6 is 0 Å². The van der Waals surface area contributed by atoms with Gasteiger partial charge in [-0.1, -0.05) is 20.3 Å². The van der Waals surface area contributed by atoms with Crippen molar-refractivity contribution in [2.75, 3.05) is 0 Å². The van der Waals surface area contributed by atoms with Crippen LogP contribution in [0.2, 0.25) is 0 Å². The maximum Gasteiger partial charge on any atom is 0.269 e. The van der Waals surface area contributed by atoms with Crippen molar-refractivity contribution in [3.63, 3.8) is 0 Å². The van der Waals surface area contributed by atoms with Crippen molar-refractivity contribution in [1.82, 2.24) is 15.1 Å². The number of nitrogens with zero attached hydrogens (tertiary/aromatic N) is 2. The Bertz CT molecular complexity index is 537. The van der Waals surface area contributed by atoms with Gasteiger partial charge in [0.1, 0.15) is 5.69 Å². The van der Waals surface area contributed by atoms with Crippen molar-refractivity contribution >= 4 is 5.91 Å². The van der Waals surface area contributed by atoms with Crippen LogP contribution in [0, 0.1) is 11.8 Å². The zero-order chi connectivity index (χ0) is 15.9. The molecule has 122 valence electrons. The molecule has 0 saturated heterocycles. The highest BCUT2D eigenvalue weighted by Crippen LogP contribution is 2.39. The van der Waals surface area contributed by atoms with Gasteiger partial charge in [0.2, 0.25) is 0 Å². The summed E-state index contributed by atoms with van der Waals surface area (Å²) in [6.07, 6.45) is 5.75. The third kappa shape index (κ3) is 2.91.